The maximum Gasteiger partial charge on any atom is 0.334 e. The van der Waals surface area contributed by atoms with Gasteiger partial charge in [0, 0.05) is 13.2 Å². The van der Waals surface area contributed by atoms with Crippen molar-refractivity contribution in [1.82, 2.24) is 14.8 Å². The first kappa shape index (κ1) is 13.9. The quantitative estimate of drug-likeness (QED) is 0.484. The molecule has 20 heavy (non-hydrogen) atoms. The van der Waals surface area contributed by atoms with Gasteiger partial charge in [0.1, 0.15) is 6.54 Å². The highest BCUT2D eigenvalue weighted by Gasteiger charge is 2.42. The number of hydrogen-bond acceptors (Lipinski definition) is 5. The molecule has 0 aliphatic carbocycles. The minimum Gasteiger partial charge on any atom is -0.322 e. The van der Waals surface area contributed by atoms with E-state index in [2.05, 4.69) is 10.3 Å². The summed E-state index contributed by atoms with van der Waals surface area (Å²) in [6.45, 7) is -0.570. The van der Waals surface area contributed by atoms with Crippen molar-refractivity contribution in [2.75, 3.05) is 18.9 Å². The van der Waals surface area contributed by atoms with Gasteiger partial charge in [0.2, 0.25) is 5.91 Å². The molecule has 2 rings (SSSR count). The summed E-state index contributed by atoms with van der Waals surface area (Å²) in [5, 5.41) is 2.48. The van der Waals surface area contributed by atoms with Crippen molar-refractivity contribution in [3.8, 4) is 0 Å². The van der Waals surface area contributed by atoms with Gasteiger partial charge in [-0.15, -0.1) is 0 Å². The standard InChI is InChI=1S/C11H9ClN4O4/c1-15-9(18)10(19)16(11(15)20)5-7(17)14-6-3-2-4-13-8(6)12/h2-4H,5H2,1H3,(H,14,17). The van der Waals surface area contributed by atoms with E-state index < -0.39 is 30.3 Å². The number of amides is 5. The lowest BCUT2D eigenvalue weighted by Crippen LogP contribution is -2.38. The van der Waals surface area contributed by atoms with E-state index in [9.17, 15) is 19.2 Å². The summed E-state index contributed by atoms with van der Waals surface area (Å²) in [5.74, 6) is -2.67. The molecule has 8 nitrogen and oxygen atoms in total. The second-order valence-electron chi connectivity index (χ2n) is 3.93. The number of carbonyl (C=O) groups excluding carboxylic acids is 4. The fourth-order valence-electron chi connectivity index (χ4n) is 1.57. The second kappa shape index (κ2) is 5.25. The number of pyridine rings is 1. The number of nitrogens with zero attached hydrogens (tertiary/aromatic N) is 3. The Labute approximate surface area is 118 Å². The molecule has 0 radical (unpaired) electrons. The number of carbonyl (C=O) groups is 4. The zero-order valence-corrected chi connectivity index (χ0v) is 11.0. The van der Waals surface area contributed by atoms with Crippen LogP contribution in [0.1, 0.15) is 0 Å². The normalized spacial score (nSPS) is 15.0. The molecule has 9 heteroatoms. The number of nitrogens with one attached hydrogen (secondary N) is 1. The third kappa shape index (κ3) is 2.45. The lowest BCUT2D eigenvalue weighted by Gasteiger charge is -2.12. The molecule has 1 fully saturated rings. The van der Waals surface area contributed by atoms with Crippen molar-refractivity contribution in [3.63, 3.8) is 0 Å². The molecular weight excluding hydrogens is 288 g/mol. The Bertz CT molecular complexity index is 618. The van der Waals surface area contributed by atoms with E-state index >= 15 is 0 Å². The van der Waals surface area contributed by atoms with Crippen LogP contribution < -0.4 is 5.32 Å². The van der Waals surface area contributed by atoms with Gasteiger partial charge in [0.25, 0.3) is 0 Å². The zero-order valence-electron chi connectivity index (χ0n) is 10.3. The summed E-state index contributed by atoms with van der Waals surface area (Å²) in [5.41, 5.74) is 0.248. The lowest BCUT2D eigenvalue weighted by molar-refractivity contribution is -0.143. The molecule has 1 N–H and O–H groups in total. The van der Waals surface area contributed by atoms with Crippen LogP contribution in [-0.2, 0) is 14.4 Å². The summed E-state index contributed by atoms with van der Waals surface area (Å²) in [6, 6.07) is 2.23. The van der Waals surface area contributed by atoms with E-state index in [4.69, 9.17) is 11.6 Å². The van der Waals surface area contributed by atoms with Gasteiger partial charge in [-0.25, -0.2) is 14.7 Å². The molecule has 0 spiro atoms. The highest BCUT2D eigenvalue weighted by Crippen LogP contribution is 2.17. The monoisotopic (exact) mass is 296 g/mol. The Hall–Kier alpha value is -2.48. The van der Waals surface area contributed by atoms with Crippen LogP contribution in [0.15, 0.2) is 18.3 Å². The molecule has 0 aromatic carbocycles. The number of urea groups is 1. The number of anilines is 1. The maximum atomic E-state index is 11.8. The molecule has 104 valence electrons. The van der Waals surface area contributed by atoms with E-state index in [0.717, 1.165) is 0 Å². The maximum absolute atomic E-state index is 11.8. The smallest absolute Gasteiger partial charge is 0.322 e. The molecule has 0 saturated carbocycles. The van der Waals surface area contributed by atoms with Crippen LogP contribution >= 0.6 is 11.6 Å². The molecule has 1 aliphatic rings. The molecule has 1 aromatic heterocycles. The molecular formula is C11H9ClN4O4. The van der Waals surface area contributed by atoms with E-state index in [0.29, 0.717) is 9.80 Å². The molecule has 2 heterocycles. The number of rotatable bonds is 3. The van der Waals surface area contributed by atoms with Crippen molar-refractivity contribution in [2.45, 2.75) is 0 Å². The predicted molar refractivity (Wildman–Crippen MR) is 67.8 cm³/mol. The van der Waals surface area contributed by atoms with Gasteiger partial charge in [-0.05, 0) is 12.1 Å². The van der Waals surface area contributed by atoms with Gasteiger partial charge in [-0.1, -0.05) is 11.6 Å². The first-order valence-electron chi connectivity index (χ1n) is 5.45. The average Bonchev–Trinajstić information content (AvgIpc) is 2.59. The summed E-state index contributed by atoms with van der Waals surface area (Å²) in [7, 11) is 1.17. The Morgan fingerprint density at radius 3 is 2.60 bits per heavy atom. The molecule has 1 aromatic rings. The first-order valence-corrected chi connectivity index (χ1v) is 5.83. The van der Waals surface area contributed by atoms with Gasteiger partial charge in [-0.2, -0.15) is 0 Å². The topological polar surface area (TPSA) is 99.7 Å². The zero-order chi connectivity index (χ0) is 14.9. The highest BCUT2D eigenvalue weighted by molar-refractivity contribution is 6.45. The minimum absolute atomic E-state index is 0.0770. The molecule has 0 bridgehead atoms. The van der Waals surface area contributed by atoms with Crippen molar-refractivity contribution >= 4 is 41.0 Å². The summed E-state index contributed by atoms with van der Waals surface area (Å²) in [4.78, 5) is 51.0. The van der Waals surface area contributed by atoms with E-state index in [1.807, 2.05) is 0 Å². The van der Waals surface area contributed by atoms with Crippen LogP contribution in [0.4, 0.5) is 10.5 Å². The minimum atomic E-state index is -1.04. The fraction of sp³-hybridized carbons (Fsp3) is 0.182. The van der Waals surface area contributed by atoms with Crippen LogP contribution in [-0.4, -0.2) is 52.1 Å². The Balaban J connectivity index is 2.06. The Morgan fingerprint density at radius 2 is 2.05 bits per heavy atom. The number of aromatic nitrogens is 1. The number of halogens is 1. The first-order chi connectivity index (χ1) is 9.41. The number of likely N-dealkylation sites (N-methyl/N-ethyl adjacent to an activating group) is 1. The molecule has 1 aliphatic heterocycles. The summed E-state index contributed by atoms with van der Waals surface area (Å²) < 4.78 is 0. The number of imide groups is 2. The van der Waals surface area contributed by atoms with Crippen LogP contribution in [0.3, 0.4) is 0 Å². The van der Waals surface area contributed by atoms with Crippen LogP contribution in [0.2, 0.25) is 5.15 Å². The fourth-order valence-corrected chi connectivity index (χ4v) is 1.73. The van der Waals surface area contributed by atoms with Gasteiger partial charge in [0.15, 0.2) is 5.15 Å². The van der Waals surface area contributed by atoms with Crippen LogP contribution in [0.25, 0.3) is 0 Å². The molecule has 0 unspecified atom stereocenters. The van der Waals surface area contributed by atoms with Crippen molar-refractivity contribution in [1.29, 1.82) is 0 Å². The van der Waals surface area contributed by atoms with Crippen LogP contribution in [0, 0.1) is 0 Å². The molecule has 5 amide bonds. The largest absolute Gasteiger partial charge is 0.334 e. The second-order valence-corrected chi connectivity index (χ2v) is 4.29. The van der Waals surface area contributed by atoms with E-state index in [1.54, 1.807) is 6.07 Å². The number of hydrogen-bond donors (Lipinski definition) is 1. The predicted octanol–water partition coefficient (Wildman–Crippen LogP) is 0.0941. The van der Waals surface area contributed by atoms with Gasteiger partial charge in [-0.3, -0.25) is 19.3 Å². The van der Waals surface area contributed by atoms with Crippen molar-refractivity contribution in [3.05, 3.63) is 23.5 Å². The summed E-state index contributed by atoms with van der Waals surface area (Å²) >= 11 is 5.75. The third-order valence-corrected chi connectivity index (χ3v) is 2.89. The third-order valence-electron chi connectivity index (χ3n) is 2.59. The molecule has 1 saturated heterocycles. The highest BCUT2D eigenvalue weighted by atomic mass is 35.5. The average molecular weight is 297 g/mol. The molecule has 0 atom stereocenters. The van der Waals surface area contributed by atoms with Crippen LogP contribution in [0.5, 0.6) is 0 Å². The van der Waals surface area contributed by atoms with E-state index in [1.165, 1.54) is 19.3 Å². The summed E-state index contributed by atoms with van der Waals surface area (Å²) in [6.07, 6.45) is 1.44. The van der Waals surface area contributed by atoms with Crippen molar-refractivity contribution < 1.29 is 19.2 Å². The Kier molecular flexibility index (Phi) is 3.66. The lowest BCUT2D eigenvalue weighted by atomic mass is 10.4. The SMILES string of the molecule is CN1C(=O)C(=O)N(CC(=O)Nc2cccnc2Cl)C1=O. The van der Waals surface area contributed by atoms with Gasteiger partial charge < -0.3 is 5.32 Å². The Morgan fingerprint density at radius 1 is 1.35 bits per heavy atom. The van der Waals surface area contributed by atoms with Gasteiger partial charge in [0.05, 0.1) is 5.69 Å². The van der Waals surface area contributed by atoms with Gasteiger partial charge >= 0.3 is 17.8 Å². The van der Waals surface area contributed by atoms with Crippen molar-refractivity contribution in [2.24, 2.45) is 0 Å². The van der Waals surface area contributed by atoms with E-state index in [-0.39, 0.29) is 10.8 Å².